The lowest BCUT2D eigenvalue weighted by Gasteiger charge is -2.03. The monoisotopic (exact) mass is 214 g/mol. The predicted octanol–water partition coefficient (Wildman–Crippen LogP) is 2.90. The summed E-state index contributed by atoms with van der Waals surface area (Å²) in [5.41, 5.74) is 4.39. The molecule has 0 fully saturated rings. The fourth-order valence-electron chi connectivity index (χ4n) is 1.75. The minimum absolute atomic E-state index is 0.0454. The van der Waals surface area contributed by atoms with Crippen molar-refractivity contribution in [2.24, 2.45) is 0 Å². The van der Waals surface area contributed by atoms with Gasteiger partial charge in [-0.15, -0.1) is 0 Å². The average Bonchev–Trinajstić information content (AvgIpc) is 2.66. The van der Waals surface area contributed by atoms with Crippen LogP contribution in [-0.4, -0.2) is 15.8 Å². The summed E-state index contributed by atoms with van der Waals surface area (Å²) in [6.07, 6.45) is 1.70. The number of hydrogen-bond acceptors (Lipinski definition) is 2. The number of benzene rings is 1. The lowest BCUT2D eigenvalue weighted by molar-refractivity contribution is 0.100. The number of Topliss-reactive ketones (excluding diaryl/α,β-unsaturated/α-hetero) is 1. The second-order valence-corrected chi connectivity index (χ2v) is 4.02. The van der Waals surface area contributed by atoms with E-state index in [2.05, 4.69) is 35.9 Å². The highest BCUT2D eigenvalue weighted by Crippen LogP contribution is 2.22. The first-order valence-electron chi connectivity index (χ1n) is 5.21. The summed E-state index contributed by atoms with van der Waals surface area (Å²) in [4.78, 5) is 18.2. The largest absolute Gasteiger partial charge is 0.336 e. The second-order valence-electron chi connectivity index (χ2n) is 4.02. The van der Waals surface area contributed by atoms with Gasteiger partial charge in [-0.3, -0.25) is 4.79 Å². The Labute approximate surface area is 94.5 Å². The lowest BCUT2D eigenvalue weighted by Crippen LogP contribution is -1.94. The number of rotatable bonds is 2. The molecule has 16 heavy (non-hydrogen) atoms. The summed E-state index contributed by atoms with van der Waals surface area (Å²) in [6, 6.07) is 6.21. The van der Waals surface area contributed by atoms with Gasteiger partial charge in [0.1, 0.15) is 0 Å². The third-order valence-corrected chi connectivity index (χ3v) is 2.58. The predicted molar refractivity (Wildman–Crippen MR) is 63.5 cm³/mol. The number of carbonyl (C=O) groups excluding carboxylic acids is 1. The van der Waals surface area contributed by atoms with Crippen LogP contribution in [0.3, 0.4) is 0 Å². The molecule has 0 aliphatic heterocycles. The van der Waals surface area contributed by atoms with Crippen LogP contribution < -0.4 is 0 Å². The Morgan fingerprint density at radius 2 is 2.06 bits per heavy atom. The topological polar surface area (TPSA) is 45.8 Å². The molecular formula is C13H14N2O. The van der Waals surface area contributed by atoms with Crippen LogP contribution in [0, 0.1) is 13.8 Å². The molecule has 0 unspecified atom stereocenters. The molecule has 0 aliphatic carbocycles. The highest BCUT2D eigenvalue weighted by molar-refractivity contribution is 5.91. The molecule has 0 amide bonds. The van der Waals surface area contributed by atoms with Crippen LogP contribution in [0.2, 0.25) is 0 Å². The van der Waals surface area contributed by atoms with Gasteiger partial charge in [0, 0.05) is 12.5 Å². The van der Waals surface area contributed by atoms with Crippen molar-refractivity contribution < 1.29 is 4.79 Å². The molecule has 1 aromatic heterocycles. The molecule has 0 saturated carbocycles. The third-order valence-electron chi connectivity index (χ3n) is 2.58. The van der Waals surface area contributed by atoms with Gasteiger partial charge in [-0.2, -0.15) is 0 Å². The Kier molecular flexibility index (Phi) is 2.60. The van der Waals surface area contributed by atoms with E-state index in [1.54, 1.807) is 6.20 Å². The number of aromatic nitrogens is 2. The molecule has 0 atom stereocenters. The van der Waals surface area contributed by atoms with Gasteiger partial charge in [-0.05, 0) is 19.4 Å². The van der Waals surface area contributed by atoms with Crippen molar-refractivity contribution in [3.05, 3.63) is 41.3 Å². The van der Waals surface area contributed by atoms with E-state index in [4.69, 9.17) is 0 Å². The molecule has 2 rings (SSSR count). The number of imidazole rings is 1. The van der Waals surface area contributed by atoms with E-state index in [0.717, 1.165) is 11.3 Å². The molecule has 1 aromatic carbocycles. The Balaban J connectivity index is 2.46. The Morgan fingerprint density at radius 1 is 1.31 bits per heavy atom. The Morgan fingerprint density at radius 3 is 2.62 bits per heavy atom. The number of carbonyl (C=O) groups is 1. The highest BCUT2D eigenvalue weighted by atomic mass is 16.1. The van der Waals surface area contributed by atoms with E-state index in [0.29, 0.717) is 5.82 Å². The third kappa shape index (κ3) is 1.89. The normalized spacial score (nSPS) is 10.4. The van der Waals surface area contributed by atoms with E-state index in [-0.39, 0.29) is 5.78 Å². The maximum Gasteiger partial charge on any atom is 0.194 e. The van der Waals surface area contributed by atoms with E-state index in [1.807, 2.05) is 6.07 Å². The zero-order valence-electron chi connectivity index (χ0n) is 9.66. The average molecular weight is 214 g/mol. The van der Waals surface area contributed by atoms with Crippen molar-refractivity contribution in [3.8, 4) is 11.3 Å². The number of nitrogens with one attached hydrogen (secondary N) is 1. The minimum atomic E-state index is -0.0454. The SMILES string of the molecule is CC(=O)c1ncc(-c2ccc(C)cc2C)[nH]1. The van der Waals surface area contributed by atoms with Crippen molar-refractivity contribution >= 4 is 5.78 Å². The molecule has 1 heterocycles. The van der Waals surface area contributed by atoms with Crippen LogP contribution >= 0.6 is 0 Å². The Hall–Kier alpha value is -1.90. The summed E-state index contributed by atoms with van der Waals surface area (Å²) >= 11 is 0. The quantitative estimate of drug-likeness (QED) is 0.781. The second kappa shape index (κ2) is 3.93. The number of ketones is 1. The van der Waals surface area contributed by atoms with Gasteiger partial charge >= 0.3 is 0 Å². The maximum atomic E-state index is 11.1. The van der Waals surface area contributed by atoms with Crippen molar-refractivity contribution in [2.45, 2.75) is 20.8 Å². The van der Waals surface area contributed by atoms with Gasteiger partial charge in [0.05, 0.1) is 11.9 Å². The zero-order chi connectivity index (χ0) is 11.7. The molecule has 82 valence electrons. The van der Waals surface area contributed by atoms with Gasteiger partial charge in [0.25, 0.3) is 0 Å². The van der Waals surface area contributed by atoms with Crippen LogP contribution in [0.25, 0.3) is 11.3 Å². The Bertz CT molecular complexity index is 541. The van der Waals surface area contributed by atoms with Gasteiger partial charge in [0.15, 0.2) is 11.6 Å². The first kappa shape index (κ1) is 10.6. The van der Waals surface area contributed by atoms with E-state index >= 15 is 0 Å². The summed E-state index contributed by atoms with van der Waals surface area (Å²) in [5, 5.41) is 0. The summed E-state index contributed by atoms with van der Waals surface area (Å²) in [5.74, 6) is 0.367. The molecule has 0 radical (unpaired) electrons. The first-order valence-corrected chi connectivity index (χ1v) is 5.21. The smallest absolute Gasteiger partial charge is 0.194 e. The minimum Gasteiger partial charge on any atom is -0.336 e. The molecule has 2 aromatic rings. The van der Waals surface area contributed by atoms with E-state index < -0.39 is 0 Å². The van der Waals surface area contributed by atoms with Crippen LogP contribution in [0.5, 0.6) is 0 Å². The van der Waals surface area contributed by atoms with Crippen molar-refractivity contribution in [1.29, 1.82) is 0 Å². The van der Waals surface area contributed by atoms with E-state index in [9.17, 15) is 4.79 Å². The van der Waals surface area contributed by atoms with Crippen LogP contribution in [0.1, 0.15) is 28.7 Å². The van der Waals surface area contributed by atoms with Gasteiger partial charge < -0.3 is 4.98 Å². The fraction of sp³-hybridized carbons (Fsp3) is 0.231. The van der Waals surface area contributed by atoms with Gasteiger partial charge in [-0.1, -0.05) is 23.8 Å². The first-order chi connectivity index (χ1) is 7.58. The molecule has 1 N–H and O–H groups in total. The molecule has 0 aliphatic rings. The summed E-state index contributed by atoms with van der Waals surface area (Å²) in [7, 11) is 0. The number of aromatic amines is 1. The molecule has 3 nitrogen and oxygen atoms in total. The molecule has 0 bridgehead atoms. The molecular weight excluding hydrogens is 200 g/mol. The van der Waals surface area contributed by atoms with Crippen molar-refractivity contribution in [1.82, 2.24) is 9.97 Å². The fourth-order valence-corrected chi connectivity index (χ4v) is 1.75. The van der Waals surface area contributed by atoms with Crippen molar-refractivity contribution in [3.63, 3.8) is 0 Å². The summed E-state index contributed by atoms with van der Waals surface area (Å²) < 4.78 is 0. The number of H-pyrrole nitrogens is 1. The number of nitrogens with zero attached hydrogens (tertiary/aromatic N) is 1. The van der Waals surface area contributed by atoms with Crippen molar-refractivity contribution in [2.75, 3.05) is 0 Å². The van der Waals surface area contributed by atoms with E-state index in [1.165, 1.54) is 18.1 Å². The lowest BCUT2D eigenvalue weighted by atomic mass is 10.0. The summed E-state index contributed by atoms with van der Waals surface area (Å²) in [6.45, 7) is 5.62. The molecule has 0 saturated heterocycles. The van der Waals surface area contributed by atoms with Crippen LogP contribution in [0.15, 0.2) is 24.4 Å². The molecule has 3 heteroatoms. The van der Waals surface area contributed by atoms with Gasteiger partial charge in [0.2, 0.25) is 0 Å². The van der Waals surface area contributed by atoms with Gasteiger partial charge in [-0.25, -0.2) is 4.98 Å². The maximum absolute atomic E-state index is 11.1. The number of aryl methyl sites for hydroxylation is 2. The van der Waals surface area contributed by atoms with Crippen LogP contribution in [-0.2, 0) is 0 Å². The standard InChI is InChI=1S/C13H14N2O/c1-8-4-5-11(9(2)6-8)12-7-14-13(15-12)10(3)16/h4-7H,1-3H3,(H,14,15). The van der Waals surface area contributed by atoms with Crippen LogP contribution in [0.4, 0.5) is 0 Å². The molecule has 0 spiro atoms. The number of hydrogen-bond donors (Lipinski definition) is 1. The highest BCUT2D eigenvalue weighted by Gasteiger charge is 2.08. The zero-order valence-corrected chi connectivity index (χ0v) is 9.66.